The van der Waals surface area contributed by atoms with Crippen molar-refractivity contribution in [1.82, 2.24) is 14.8 Å². The molecule has 0 amide bonds. The number of nitrogens with one attached hydrogen (secondary N) is 1. The molecule has 0 spiro atoms. The summed E-state index contributed by atoms with van der Waals surface area (Å²) in [5, 5.41) is 11.0. The summed E-state index contributed by atoms with van der Waals surface area (Å²) in [6.45, 7) is 0. The van der Waals surface area contributed by atoms with Crippen molar-refractivity contribution in [2.75, 3.05) is 0 Å². The topological polar surface area (TPSA) is 70.9 Å². The third kappa shape index (κ3) is 3.09. The predicted molar refractivity (Wildman–Crippen MR) is 80.8 cm³/mol. The maximum Gasteiger partial charge on any atom is 0.306 e. The molecule has 0 bridgehead atoms. The minimum atomic E-state index is -1.03. The number of rotatable bonds is 2. The van der Waals surface area contributed by atoms with Gasteiger partial charge in [0.15, 0.2) is 12.0 Å². The van der Waals surface area contributed by atoms with Crippen LogP contribution in [0.3, 0.4) is 0 Å². The highest BCUT2D eigenvalue weighted by atomic mass is 32.1. The van der Waals surface area contributed by atoms with Crippen molar-refractivity contribution in [2.45, 2.75) is 31.5 Å². The van der Waals surface area contributed by atoms with Crippen LogP contribution in [0.2, 0.25) is 0 Å². The Balaban J connectivity index is 0.000000202. The number of aromatic nitrogens is 3. The van der Waals surface area contributed by atoms with E-state index in [2.05, 4.69) is 10.1 Å². The number of alkyl halides is 1. The number of carbonyl (C=O) groups is 1. The number of fused-ring (bicyclic) bond motifs is 1. The number of nitrogens with zero attached hydrogens (tertiary/aromatic N) is 2. The van der Waals surface area contributed by atoms with Gasteiger partial charge in [-0.3, -0.25) is 14.6 Å². The van der Waals surface area contributed by atoms with Crippen LogP contribution in [0.25, 0.3) is 0 Å². The molecule has 2 aromatic rings. The number of halogens is 1. The van der Waals surface area contributed by atoms with Crippen LogP contribution < -0.4 is 0 Å². The van der Waals surface area contributed by atoms with Crippen molar-refractivity contribution in [3.8, 4) is 0 Å². The molecule has 7 heteroatoms. The predicted octanol–water partition coefficient (Wildman–Crippen LogP) is 3.43. The number of aliphatic carboxylic acids is 1. The van der Waals surface area contributed by atoms with E-state index in [-0.39, 0.29) is 12.0 Å². The molecule has 1 aliphatic carbocycles. The maximum absolute atomic E-state index is 13.7. The van der Waals surface area contributed by atoms with Gasteiger partial charge in [0.05, 0.1) is 12.0 Å². The Morgan fingerprint density at radius 1 is 1.36 bits per heavy atom. The normalized spacial score (nSPS) is 22.6. The van der Waals surface area contributed by atoms with E-state index in [4.69, 9.17) is 17.3 Å². The fourth-order valence-corrected chi connectivity index (χ4v) is 2.69. The Morgan fingerprint density at radius 3 is 2.59 bits per heavy atom. The zero-order chi connectivity index (χ0) is 15.7. The van der Waals surface area contributed by atoms with Gasteiger partial charge in [-0.1, -0.05) is 30.3 Å². The number of hydrogen-bond donors (Lipinski definition) is 2. The third-order valence-electron chi connectivity index (χ3n) is 3.81. The van der Waals surface area contributed by atoms with E-state index < -0.39 is 12.1 Å². The van der Waals surface area contributed by atoms with Gasteiger partial charge < -0.3 is 5.11 Å². The van der Waals surface area contributed by atoms with Crippen molar-refractivity contribution in [1.29, 1.82) is 0 Å². The lowest BCUT2D eigenvalue weighted by Gasteiger charge is -2.11. The fraction of sp³-hybridized carbons (Fsp3) is 0.400. The van der Waals surface area contributed by atoms with Crippen molar-refractivity contribution in [2.24, 2.45) is 5.92 Å². The summed E-state index contributed by atoms with van der Waals surface area (Å²) in [5.41, 5.74) is 1.08. The summed E-state index contributed by atoms with van der Waals surface area (Å²) < 4.78 is 15.8. The Hall–Kier alpha value is -2.02. The molecular weight excluding hydrogens is 305 g/mol. The Kier molecular flexibility index (Phi) is 4.06. The van der Waals surface area contributed by atoms with Crippen LogP contribution in [-0.4, -0.2) is 25.8 Å². The summed E-state index contributed by atoms with van der Waals surface area (Å²) in [4.78, 5) is 13.8. The van der Waals surface area contributed by atoms with E-state index >= 15 is 0 Å². The number of aromatic amines is 1. The standard InChI is InChI=1S/C11H10FN3S.C4H6O2/c12-8-6-9(7-4-2-1-3-5-7)15-10(8)13-11(16)14-15;5-4(6)3-1-2-3/h1-5,8-9H,6H2,(H,14,16);3H,1-2H2,(H,5,6). The lowest BCUT2D eigenvalue weighted by atomic mass is 10.0. The zero-order valence-electron chi connectivity index (χ0n) is 11.8. The monoisotopic (exact) mass is 321 g/mol. The molecule has 5 nitrogen and oxygen atoms in total. The highest BCUT2D eigenvalue weighted by molar-refractivity contribution is 7.71. The molecule has 2 atom stereocenters. The molecule has 2 unspecified atom stereocenters. The van der Waals surface area contributed by atoms with E-state index in [1.54, 1.807) is 4.68 Å². The van der Waals surface area contributed by atoms with Crippen LogP contribution in [0.1, 0.15) is 42.9 Å². The smallest absolute Gasteiger partial charge is 0.306 e. The van der Waals surface area contributed by atoms with Crippen LogP contribution in [0, 0.1) is 10.7 Å². The molecule has 1 aliphatic heterocycles. The number of hydrogen-bond acceptors (Lipinski definition) is 3. The Bertz CT molecular complexity index is 724. The quantitative estimate of drug-likeness (QED) is 0.831. The van der Waals surface area contributed by atoms with Gasteiger partial charge >= 0.3 is 5.97 Å². The molecule has 1 aromatic carbocycles. The molecule has 0 radical (unpaired) electrons. The van der Waals surface area contributed by atoms with Crippen molar-refractivity contribution >= 4 is 18.2 Å². The van der Waals surface area contributed by atoms with Gasteiger partial charge in [-0.25, -0.2) is 9.37 Å². The summed E-state index contributed by atoms with van der Waals surface area (Å²) in [7, 11) is 0. The third-order valence-corrected chi connectivity index (χ3v) is 3.99. The van der Waals surface area contributed by atoms with Crippen LogP contribution in [0.4, 0.5) is 4.39 Å². The molecule has 1 aromatic heterocycles. The minimum Gasteiger partial charge on any atom is -0.481 e. The molecule has 1 saturated carbocycles. The first-order valence-corrected chi connectivity index (χ1v) is 7.57. The van der Waals surface area contributed by atoms with Crippen molar-refractivity contribution < 1.29 is 14.3 Å². The second kappa shape index (κ2) is 6.00. The number of carboxylic acids is 1. The fourth-order valence-electron chi connectivity index (χ4n) is 2.50. The highest BCUT2D eigenvalue weighted by Gasteiger charge is 2.33. The Labute approximate surface area is 131 Å². The second-order valence-electron chi connectivity index (χ2n) is 5.50. The van der Waals surface area contributed by atoms with Gasteiger partial charge in [0.1, 0.15) is 0 Å². The van der Waals surface area contributed by atoms with Crippen LogP contribution in [0.5, 0.6) is 0 Å². The molecule has 22 heavy (non-hydrogen) atoms. The average Bonchev–Trinajstić information content (AvgIpc) is 3.23. The second-order valence-corrected chi connectivity index (χ2v) is 5.89. The Morgan fingerprint density at radius 2 is 2.05 bits per heavy atom. The van der Waals surface area contributed by atoms with E-state index in [9.17, 15) is 9.18 Å². The van der Waals surface area contributed by atoms with Gasteiger partial charge in [-0.05, 0) is 30.6 Å². The summed E-state index contributed by atoms with van der Waals surface area (Å²) >= 11 is 4.92. The van der Waals surface area contributed by atoms with E-state index in [0.717, 1.165) is 18.4 Å². The van der Waals surface area contributed by atoms with Gasteiger partial charge in [0.2, 0.25) is 4.77 Å². The molecule has 2 heterocycles. The van der Waals surface area contributed by atoms with Crippen LogP contribution in [-0.2, 0) is 4.79 Å². The summed E-state index contributed by atoms with van der Waals surface area (Å²) in [6.07, 6.45) is 1.20. The van der Waals surface area contributed by atoms with Crippen molar-refractivity contribution in [3.05, 3.63) is 46.5 Å². The lowest BCUT2D eigenvalue weighted by Crippen LogP contribution is -2.06. The molecule has 0 saturated heterocycles. The van der Waals surface area contributed by atoms with Crippen molar-refractivity contribution in [3.63, 3.8) is 0 Å². The number of benzene rings is 1. The first-order valence-electron chi connectivity index (χ1n) is 7.16. The average molecular weight is 321 g/mol. The summed E-state index contributed by atoms with van der Waals surface area (Å²) in [6, 6.07) is 9.81. The van der Waals surface area contributed by atoms with E-state index in [1.807, 2.05) is 30.3 Å². The van der Waals surface area contributed by atoms with Gasteiger partial charge in [-0.2, -0.15) is 0 Å². The SMILES string of the molecule is FC1CC(c2ccccc2)n2[nH]c(=S)nc21.O=C(O)C1CC1. The molecule has 2 aliphatic rings. The first kappa shape index (κ1) is 14.9. The lowest BCUT2D eigenvalue weighted by molar-refractivity contribution is -0.138. The molecule has 4 rings (SSSR count). The van der Waals surface area contributed by atoms with Gasteiger partial charge in [0, 0.05) is 6.42 Å². The number of H-pyrrole nitrogens is 1. The molecular formula is C15H16FN3O2S. The van der Waals surface area contributed by atoms with Crippen LogP contribution >= 0.6 is 12.2 Å². The largest absolute Gasteiger partial charge is 0.481 e. The first-order chi connectivity index (χ1) is 10.6. The summed E-state index contributed by atoms with van der Waals surface area (Å²) in [5.74, 6) is -0.196. The maximum atomic E-state index is 13.7. The van der Waals surface area contributed by atoms with E-state index in [1.165, 1.54) is 0 Å². The zero-order valence-corrected chi connectivity index (χ0v) is 12.6. The minimum absolute atomic E-state index is 0.0181. The van der Waals surface area contributed by atoms with E-state index in [0.29, 0.717) is 17.0 Å². The number of carboxylic acid groups (broad SMARTS) is 1. The van der Waals surface area contributed by atoms with Gasteiger partial charge in [-0.15, -0.1) is 0 Å². The van der Waals surface area contributed by atoms with Gasteiger partial charge in [0.25, 0.3) is 0 Å². The molecule has 2 N–H and O–H groups in total. The molecule has 116 valence electrons. The molecule has 1 fully saturated rings. The van der Waals surface area contributed by atoms with Crippen LogP contribution in [0.15, 0.2) is 30.3 Å². The highest BCUT2D eigenvalue weighted by Crippen LogP contribution is 2.38.